The second kappa shape index (κ2) is 10.4. The summed E-state index contributed by atoms with van der Waals surface area (Å²) in [7, 11) is 1.51. The predicted octanol–water partition coefficient (Wildman–Crippen LogP) is 6.08. The van der Waals surface area contributed by atoms with E-state index in [1.54, 1.807) is 48.5 Å². The molecular weight excluding hydrogens is 474 g/mol. The van der Waals surface area contributed by atoms with Crippen molar-refractivity contribution >= 4 is 16.7 Å². The number of aliphatic hydroxyl groups excluding tert-OH is 1. The Kier molecular flexibility index (Phi) is 7.26. The summed E-state index contributed by atoms with van der Waals surface area (Å²) in [5, 5.41) is 14.6. The first-order valence-corrected chi connectivity index (χ1v) is 11.1. The smallest absolute Gasteiger partial charge is 0.416 e. The van der Waals surface area contributed by atoms with Gasteiger partial charge in [-0.3, -0.25) is 4.79 Å². The average Bonchev–Trinajstić information content (AvgIpc) is 2.88. The molecule has 0 aliphatic carbocycles. The van der Waals surface area contributed by atoms with E-state index in [4.69, 9.17) is 4.74 Å². The Morgan fingerprint density at radius 3 is 2.17 bits per heavy atom. The number of carbonyl (C=O) groups excluding carboxylic acids is 1. The van der Waals surface area contributed by atoms with Crippen LogP contribution in [-0.4, -0.2) is 24.2 Å². The first-order valence-electron chi connectivity index (χ1n) is 11.1. The van der Waals surface area contributed by atoms with Gasteiger partial charge in [-0.15, -0.1) is 0 Å². The van der Waals surface area contributed by atoms with Gasteiger partial charge in [0.2, 0.25) is 0 Å². The van der Waals surface area contributed by atoms with Gasteiger partial charge in [-0.25, -0.2) is 4.39 Å². The second-order valence-corrected chi connectivity index (χ2v) is 8.34. The quantitative estimate of drug-likeness (QED) is 0.304. The summed E-state index contributed by atoms with van der Waals surface area (Å²) < 4.78 is 58.3. The van der Waals surface area contributed by atoms with Gasteiger partial charge in [0.25, 0.3) is 5.91 Å². The number of benzene rings is 4. The minimum absolute atomic E-state index is 0.0518. The van der Waals surface area contributed by atoms with Crippen LogP contribution in [0.1, 0.15) is 33.2 Å². The van der Waals surface area contributed by atoms with Crippen molar-refractivity contribution in [1.29, 1.82) is 0 Å². The van der Waals surface area contributed by atoms with Gasteiger partial charge in [0.05, 0.1) is 24.8 Å². The Balaban J connectivity index is 1.65. The molecule has 0 aliphatic heterocycles. The Morgan fingerprint density at radius 2 is 1.56 bits per heavy atom. The highest BCUT2D eigenvalue weighted by Gasteiger charge is 2.30. The van der Waals surface area contributed by atoms with Crippen LogP contribution in [-0.2, 0) is 12.6 Å². The van der Waals surface area contributed by atoms with Gasteiger partial charge in [-0.1, -0.05) is 48.5 Å². The zero-order chi connectivity index (χ0) is 25.9. The molecule has 0 saturated heterocycles. The molecule has 4 rings (SSSR count). The van der Waals surface area contributed by atoms with Crippen LogP contribution in [0.3, 0.4) is 0 Å². The zero-order valence-electron chi connectivity index (χ0n) is 19.2. The van der Waals surface area contributed by atoms with Crippen LogP contribution in [0.2, 0.25) is 0 Å². The van der Waals surface area contributed by atoms with Crippen molar-refractivity contribution in [1.82, 2.24) is 5.32 Å². The van der Waals surface area contributed by atoms with E-state index in [2.05, 4.69) is 5.32 Å². The molecule has 4 aromatic carbocycles. The number of amides is 1. The number of ether oxygens (including phenoxy) is 1. The van der Waals surface area contributed by atoms with Crippen molar-refractivity contribution in [3.8, 4) is 5.75 Å². The molecule has 2 atom stereocenters. The van der Waals surface area contributed by atoms with Gasteiger partial charge in [-0.05, 0) is 59.3 Å². The topological polar surface area (TPSA) is 58.6 Å². The van der Waals surface area contributed by atoms with E-state index in [9.17, 15) is 27.5 Å². The molecule has 0 heterocycles. The highest BCUT2D eigenvalue weighted by molar-refractivity contribution is 6.07. The summed E-state index contributed by atoms with van der Waals surface area (Å²) in [6, 6.07) is 19.3. The van der Waals surface area contributed by atoms with E-state index in [-0.39, 0.29) is 17.4 Å². The van der Waals surface area contributed by atoms with E-state index >= 15 is 0 Å². The average molecular weight is 497 g/mol. The summed E-state index contributed by atoms with van der Waals surface area (Å²) in [5.41, 5.74) is 0.397. The molecule has 0 fully saturated rings. The monoisotopic (exact) mass is 497 g/mol. The van der Waals surface area contributed by atoms with Crippen LogP contribution in [0.15, 0.2) is 84.9 Å². The molecule has 0 radical (unpaired) electrons. The molecule has 0 spiro atoms. The van der Waals surface area contributed by atoms with E-state index < -0.39 is 35.6 Å². The van der Waals surface area contributed by atoms with Gasteiger partial charge in [0.15, 0.2) is 0 Å². The maximum Gasteiger partial charge on any atom is 0.416 e. The van der Waals surface area contributed by atoms with Gasteiger partial charge >= 0.3 is 6.18 Å². The lowest BCUT2D eigenvalue weighted by molar-refractivity contribution is -0.137. The third-order valence-corrected chi connectivity index (χ3v) is 6.01. The predicted molar refractivity (Wildman–Crippen MR) is 128 cm³/mol. The highest BCUT2D eigenvalue weighted by atomic mass is 19.4. The van der Waals surface area contributed by atoms with Crippen LogP contribution in [0.25, 0.3) is 10.8 Å². The van der Waals surface area contributed by atoms with Gasteiger partial charge in [0, 0.05) is 10.9 Å². The molecule has 0 aliphatic rings. The minimum atomic E-state index is -4.47. The number of alkyl halides is 3. The van der Waals surface area contributed by atoms with Crippen LogP contribution in [0.4, 0.5) is 17.6 Å². The van der Waals surface area contributed by atoms with Crippen LogP contribution < -0.4 is 10.1 Å². The van der Waals surface area contributed by atoms with Gasteiger partial charge in [-0.2, -0.15) is 13.2 Å². The van der Waals surface area contributed by atoms with Crippen molar-refractivity contribution < 1.29 is 32.2 Å². The van der Waals surface area contributed by atoms with Crippen molar-refractivity contribution in [3.63, 3.8) is 0 Å². The number of hydrogen-bond acceptors (Lipinski definition) is 3. The number of rotatable bonds is 7. The fourth-order valence-corrected chi connectivity index (χ4v) is 4.07. The largest absolute Gasteiger partial charge is 0.497 e. The van der Waals surface area contributed by atoms with Gasteiger partial charge in [0.1, 0.15) is 11.6 Å². The summed E-state index contributed by atoms with van der Waals surface area (Å²) in [6.07, 6.45) is -5.61. The molecule has 0 aromatic heterocycles. The van der Waals surface area contributed by atoms with E-state index in [0.717, 1.165) is 12.1 Å². The molecule has 4 nitrogen and oxygen atoms in total. The van der Waals surface area contributed by atoms with Crippen LogP contribution in [0, 0.1) is 5.82 Å². The lowest BCUT2D eigenvalue weighted by atomic mass is 9.94. The maximum atomic E-state index is 14.2. The number of carbonyl (C=O) groups is 1. The van der Waals surface area contributed by atoms with Crippen molar-refractivity contribution in [2.24, 2.45) is 0 Å². The molecule has 2 unspecified atom stereocenters. The Morgan fingerprint density at radius 1 is 0.917 bits per heavy atom. The van der Waals surface area contributed by atoms with Crippen molar-refractivity contribution in [2.45, 2.75) is 24.7 Å². The van der Waals surface area contributed by atoms with Gasteiger partial charge < -0.3 is 15.2 Å². The number of hydrogen-bond donors (Lipinski definition) is 2. The summed E-state index contributed by atoms with van der Waals surface area (Å²) in [5.74, 6) is -0.440. The number of aliphatic hydroxyl groups is 1. The molecule has 2 N–H and O–H groups in total. The second-order valence-electron chi connectivity index (χ2n) is 8.34. The third kappa shape index (κ3) is 5.49. The molecule has 8 heteroatoms. The zero-order valence-corrected chi connectivity index (χ0v) is 19.2. The summed E-state index contributed by atoms with van der Waals surface area (Å²) in [4.78, 5) is 13.3. The summed E-state index contributed by atoms with van der Waals surface area (Å²) in [6.45, 7) is 0. The number of fused-ring (bicyclic) bond motifs is 1. The van der Waals surface area contributed by atoms with E-state index in [1.807, 2.05) is 0 Å². The maximum absolute atomic E-state index is 14.2. The minimum Gasteiger partial charge on any atom is -0.497 e. The fraction of sp³-hybridized carbons (Fsp3) is 0.179. The number of halogens is 4. The molecule has 186 valence electrons. The lowest BCUT2D eigenvalue weighted by Crippen LogP contribution is -2.41. The van der Waals surface area contributed by atoms with E-state index in [0.29, 0.717) is 22.3 Å². The molecular formula is C28H23F4NO3. The van der Waals surface area contributed by atoms with Crippen molar-refractivity contribution in [3.05, 3.63) is 113 Å². The fourth-order valence-electron chi connectivity index (χ4n) is 4.07. The first kappa shape index (κ1) is 25.2. The molecule has 0 saturated carbocycles. The van der Waals surface area contributed by atoms with Crippen LogP contribution >= 0.6 is 0 Å². The summed E-state index contributed by atoms with van der Waals surface area (Å²) >= 11 is 0. The third-order valence-electron chi connectivity index (χ3n) is 6.01. The Hall–Kier alpha value is -3.91. The Labute approximate surface area is 205 Å². The molecule has 4 aromatic rings. The molecule has 1 amide bonds. The standard InChI is InChI=1S/C28H23F4NO3/c1-36-20-12-8-18(9-13-20)26(34)25(16-17-6-10-19(11-7-17)28(30,31)32)33-27(35)23-14-15-24(29)22-5-3-2-4-21(22)23/h2-15,25-26,34H,16H2,1H3,(H,33,35). The number of methoxy groups -OCH3 is 1. The molecule has 0 bridgehead atoms. The van der Waals surface area contributed by atoms with Crippen LogP contribution in [0.5, 0.6) is 5.75 Å². The Bertz CT molecular complexity index is 1350. The first-order chi connectivity index (χ1) is 17.2. The normalized spacial score (nSPS) is 13.3. The number of nitrogens with one attached hydrogen (secondary N) is 1. The SMILES string of the molecule is COc1ccc(C(O)C(Cc2ccc(C(F)(F)F)cc2)NC(=O)c2ccc(F)c3ccccc23)cc1. The highest BCUT2D eigenvalue weighted by Crippen LogP contribution is 2.30. The lowest BCUT2D eigenvalue weighted by Gasteiger charge is -2.25. The van der Waals surface area contributed by atoms with E-state index in [1.165, 1.54) is 31.4 Å². The van der Waals surface area contributed by atoms with Crippen molar-refractivity contribution in [2.75, 3.05) is 7.11 Å². The molecule has 36 heavy (non-hydrogen) atoms.